The van der Waals surface area contributed by atoms with Crippen LogP contribution in [0.2, 0.25) is 0 Å². The van der Waals surface area contributed by atoms with E-state index in [1.807, 2.05) is 0 Å². The monoisotopic (exact) mass is 375 g/mol. The summed E-state index contributed by atoms with van der Waals surface area (Å²) in [6.07, 6.45) is 1.30. The molecule has 27 heavy (non-hydrogen) atoms. The van der Waals surface area contributed by atoms with Gasteiger partial charge >= 0.3 is 17.9 Å². The third-order valence-electron chi connectivity index (χ3n) is 3.94. The summed E-state index contributed by atoms with van der Waals surface area (Å²) in [5.74, 6) is -2.35. The number of carbonyl (C=O) groups excluding carboxylic acids is 4. The van der Waals surface area contributed by atoms with Gasteiger partial charge in [-0.25, -0.2) is 14.4 Å². The van der Waals surface area contributed by atoms with Gasteiger partial charge in [0.05, 0.1) is 20.3 Å². The second kappa shape index (κ2) is 9.51. The smallest absolute Gasteiger partial charge is 0.331 e. The number of likely N-dealkylation sites (tertiary alicyclic amines) is 1. The third-order valence-corrected chi connectivity index (χ3v) is 3.94. The number of methoxy groups -OCH3 is 1. The van der Waals surface area contributed by atoms with Gasteiger partial charge in [-0.1, -0.05) is 18.2 Å². The molecule has 8 heteroatoms. The van der Waals surface area contributed by atoms with Crippen molar-refractivity contribution in [2.45, 2.75) is 25.5 Å². The van der Waals surface area contributed by atoms with Crippen molar-refractivity contribution in [2.24, 2.45) is 0 Å². The molecule has 1 aromatic carbocycles. The van der Waals surface area contributed by atoms with Gasteiger partial charge in [0.15, 0.2) is 0 Å². The summed E-state index contributed by atoms with van der Waals surface area (Å²) in [5, 5.41) is 0. The van der Waals surface area contributed by atoms with E-state index in [0.29, 0.717) is 5.56 Å². The van der Waals surface area contributed by atoms with Gasteiger partial charge in [-0.05, 0) is 19.1 Å². The van der Waals surface area contributed by atoms with Crippen LogP contribution < -0.4 is 0 Å². The molecule has 8 nitrogen and oxygen atoms in total. The molecule has 1 heterocycles. The zero-order valence-electron chi connectivity index (χ0n) is 15.1. The molecule has 1 saturated heterocycles. The van der Waals surface area contributed by atoms with E-state index in [1.165, 1.54) is 12.0 Å². The highest BCUT2D eigenvalue weighted by molar-refractivity contribution is 5.97. The molecule has 0 saturated carbocycles. The first-order chi connectivity index (χ1) is 13.0. The van der Waals surface area contributed by atoms with Crippen LogP contribution in [0.5, 0.6) is 0 Å². The Kier molecular flexibility index (Phi) is 7.10. The SMILES string of the molecule is CCOC(=O)[C@@H]1C[C@@H](OC(=O)/C=C/C(=O)OC)CN1C(=O)c1ccccc1. The van der Waals surface area contributed by atoms with E-state index < -0.39 is 30.1 Å². The molecule has 1 aromatic rings. The lowest BCUT2D eigenvalue weighted by molar-refractivity contribution is -0.148. The Morgan fingerprint density at radius 2 is 1.78 bits per heavy atom. The van der Waals surface area contributed by atoms with Gasteiger partial charge in [0.2, 0.25) is 0 Å². The molecular formula is C19H21NO7. The summed E-state index contributed by atoms with van der Waals surface area (Å²) in [4.78, 5) is 49.2. The number of amides is 1. The fourth-order valence-corrected chi connectivity index (χ4v) is 2.72. The van der Waals surface area contributed by atoms with Gasteiger partial charge in [0.25, 0.3) is 5.91 Å². The number of esters is 3. The molecule has 0 aromatic heterocycles. The van der Waals surface area contributed by atoms with Crippen LogP contribution in [0, 0.1) is 0 Å². The highest BCUT2D eigenvalue weighted by Gasteiger charge is 2.42. The molecule has 0 bridgehead atoms. The zero-order chi connectivity index (χ0) is 19.8. The minimum Gasteiger partial charge on any atom is -0.466 e. The minimum absolute atomic E-state index is 0.0506. The van der Waals surface area contributed by atoms with Crippen molar-refractivity contribution in [3.05, 3.63) is 48.0 Å². The van der Waals surface area contributed by atoms with Crippen molar-refractivity contribution in [3.63, 3.8) is 0 Å². The van der Waals surface area contributed by atoms with Crippen LogP contribution in [0.1, 0.15) is 23.7 Å². The topological polar surface area (TPSA) is 99.2 Å². The van der Waals surface area contributed by atoms with Crippen molar-refractivity contribution in [2.75, 3.05) is 20.3 Å². The number of hydrogen-bond acceptors (Lipinski definition) is 7. The highest BCUT2D eigenvalue weighted by Crippen LogP contribution is 2.24. The number of ether oxygens (including phenoxy) is 3. The molecule has 0 spiro atoms. The number of carbonyl (C=O) groups is 4. The quantitative estimate of drug-likeness (QED) is 0.417. The molecule has 1 aliphatic heterocycles. The molecule has 1 fully saturated rings. The Bertz CT molecular complexity index is 729. The van der Waals surface area contributed by atoms with E-state index in [1.54, 1.807) is 37.3 Å². The van der Waals surface area contributed by atoms with Crippen LogP contribution >= 0.6 is 0 Å². The lowest BCUT2D eigenvalue weighted by atomic mass is 10.1. The van der Waals surface area contributed by atoms with Crippen LogP contribution in [-0.4, -0.2) is 61.1 Å². The van der Waals surface area contributed by atoms with Crippen molar-refractivity contribution in [1.29, 1.82) is 0 Å². The predicted molar refractivity (Wildman–Crippen MR) is 93.6 cm³/mol. The fraction of sp³-hybridized carbons (Fsp3) is 0.368. The molecule has 0 aliphatic carbocycles. The van der Waals surface area contributed by atoms with Gasteiger partial charge in [-0.2, -0.15) is 0 Å². The molecule has 0 N–H and O–H groups in total. The maximum Gasteiger partial charge on any atom is 0.331 e. The Morgan fingerprint density at radius 3 is 2.41 bits per heavy atom. The standard InChI is InChI=1S/C19H21NO7/c1-3-26-19(24)15-11-14(27-17(22)10-9-16(21)25-2)12-20(15)18(23)13-7-5-4-6-8-13/h4-10,14-15H,3,11-12H2,1-2H3/b10-9+/t14-,15+/m1/s1. The van der Waals surface area contributed by atoms with Gasteiger partial charge in [-0.15, -0.1) is 0 Å². The van der Waals surface area contributed by atoms with Crippen molar-refractivity contribution >= 4 is 23.8 Å². The number of benzene rings is 1. The first-order valence-electron chi connectivity index (χ1n) is 8.45. The minimum atomic E-state index is -0.847. The van der Waals surface area contributed by atoms with Gasteiger partial charge in [0.1, 0.15) is 12.1 Å². The van der Waals surface area contributed by atoms with Crippen molar-refractivity contribution in [3.8, 4) is 0 Å². The number of rotatable bonds is 6. The molecule has 0 radical (unpaired) electrons. The molecule has 0 unspecified atom stereocenters. The van der Waals surface area contributed by atoms with Gasteiger partial charge in [-0.3, -0.25) is 4.79 Å². The predicted octanol–water partition coefficient (Wildman–Crippen LogP) is 1.11. The third kappa shape index (κ3) is 5.40. The Hall–Kier alpha value is -3.16. The summed E-state index contributed by atoms with van der Waals surface area (Å²) < 4.78 is 14.7. The maximum atomic E-state index is 12.8. The molecule has 2 rings (SSSR count). The van der Waals surface area contributed by atoms with Crippen molar-refractivity contribution in [1.82, 2.24) is 4.90 Å². The van der Waals surface area contributed by atoms with E-state index in [-0.39, 0.29) is 25.5 Å². The van der Waals surface area contributed by atoms with Crippen molar-refractivity contribution < 1.29 is 33.4 Å². The summed E-state index contributed by atoms with van der Waals surface area (Å²) in [6, 6.07) is 7.66. The van der Waals surface area contributed by atoms with Crippen LogP contribution in [0.4, 0.5) is 0 Å². The van der Waals surface area contributed by atoms with Gasteiger partial charge < -0.3 is 19.1 Å². The average Bonchev–Trinajstić information content (AvgIpc) is 3.10. The maximum absolute atomic E-state index is 12.8. The summed E-state index contributed by atoms with van der Waals surface area (Å²) in [7, 11) is 1.19. The fourth-order valence-electron chi connectivity index (χ4n) is 2.72. The zero-order valence-corrected chi connectivity index (χ0v) is 15.1. The molecule has 144 valence electrons. The Morgan fingerprint density at radius 1 is 1.11 bits per heavy atom. The van der Waals surface area contributed by atoms with Crippen LogP contribution in [0.15, 0.2) is 42.5 Å². The van der Waals surface area contributed by atoms with E-state index in [2.05, 4.69) is 4.74 Å². The average molecular weight is 375 g/mol. The first-order valence-corrected chi connectivity index (χ1v) is 8.45. The molecule has 1 amide bonds. The number of hydrogen-bond donors (Lipinski definition) is 0. The first kappa shape index (κ1) is 20.2. The lowest BCUT2D eigenvalue weighted by Gasteiger charge is -2.22. The molecule has 1 aliphatic rings. The summed E-state index contributed by atoms with van der Waals surface area (Å²) >= 11 is 0. The Labute approximate surface area is 156 Å². The second-order valence-electron chi connectivity index (χ2n) is 5.74. The van der Waals surface area contributed by atoms with Crippen LogP contribution in [0.3, 0.4) is 0 Å². The largest absolute Gasteiger partial charge is 0.466 e. The normalized spacial score (nSPS) is 19.0. The van der Waals surface area contributed by atoms with Crippen LogP contribution in [0.25, 0.3) is 0 Å². The Balaban J connectivity index is 2.11. The highest BCUT2D eigenvalue weighted by atomic mass is 16.6. The van der Waals surface area contributed by atoms with E-state index in [0.717, 1.165) is 12.2 Å². The van der Waals surface area contributed by atoms with E-state index in [4.69, 9.17) is 9.47 Å². The van der Waals surface area contributed by atoms with Gasteiger partial charge in [0, 0.05) is 24.1 Å². The molecular weight excluding hydrogens is 354 g/mol. The summed E-state index contributed by atoms with van der Waals surface area (Å²) in [6.45, 7) is 1.90. The number of nitrogens with zero attached hydrogens (tertiary/aromatic N) is 1. The lowest BCUT2D eigenvalue weighted by Crippen LogP contribution is -2.41. The summed E-state index contributed by atoms with van der Waals surface area (Å²) in [5.41, 5.74) is 0.421. The van der Waals surface area contributed by atoms with Crippen LogP contribution in [-0.2, 0) is 28.6 Å². The van der Waals surface area contributed by atoms with E-state index >= 15 is 0 Å². The molecule has 2 atom stereocenters. The second-order valence-corrected chi connectivity index (χ2v) is 5.74. The van der Waals surface area contributed by atoms with E-state index in [9.17, 15) is 19.2 Å².